The minimum Gasteiger partial charge on any atom is -0.438 e. The highest BCUT2D eigenvalue weighted by molar-refractivity contribution is 7.48. The molecular formula is C15H18NO2P. The van der Waals surface area contributed by atoms with Gasteiger partial charge in [-0.25, -0.2) is 0 Å². The summed E-state index contributed by atoms with van der Waals surface area (Å²) in [6.07, 6.45) is 0.811. The lowest BCUT2D eigenvalue weighted by molar-refractivity contribution is 0.471. The maximum absolute atomic E-state index is 6.09. The van der Waals surface area contributed by atoms with Crippen LogP contribution in [-0.4, -0.2) is 5.78 Å². The van der Waals surface area contributed by atoms with Crippen molar-refractivity contribution >= 4 is 8.38 Å². The molecule has 4 heteroatoms. The highest BCUT2D eigenvalue weighted by atomic mass is 31.2. The quantitative estimate of drug-likeness (QED) is 0.805. The average Bonchev–Trinajstić information content (AvgIpc) is 2.48. The molecule has 0 saturated heterocycles. The van der Waals surface area contributed by atoms with Crippen molar-refractivity contribution in [3.05, 3.63) is 60.7 Å². The predicted octanol–water partition coefficient (Wildman–Crippen LogP) is 4.15. The Kier molecular flexibility index (Phi) is 5.20. The van der Waals surface area contributed by atoms with Crippen LogP contribution in [-0.2, 0) is 0 Å². The predicted molar refractivity (Wildman–Crippen MR) is 79.3 cm³/mol. The van der Waals surface area contributed by atoms with Crippen LogP contribution in [0.2, 0.25) is 0 Å². The van der Waals surface area contributed by atoms with Crippen LogP contribution < -0.4 is 14.8 Å². The average molecular weight is 275 g/mol. The van der Waals surface area contributed by atoms with E-state index in [1.165, 1.54) is 0 Å². The van der Waals surface area contributed by atoms with Crippen LogP contribution in [0.1, 0.15) is 13.3 Å². The lowest BCUT2D eigenvalue weighted by atomic mass is 10.3. The smallest absolute Gasteiger partial charge is 0.308 e. The third-order valence-electron chi connectivity index (χ3n) is 2.57. The van der Waals surface area contributed by atoms with Crippen molar-refractivity contribution in [2.75, 3.05) is 0 Å². The summed E-state index contributed by atoms with van der Waals surface area (Å²) < 4.78 is 11.8. The summed E-state index contributed by atoms with van der Waals surface area (Å²) in [5.41, 5.74) is 6.09. The number of nitrogens with two attached hydrogens (primary N) is 1. The molecule has 0 fully saturated rings. The number of hydrogen-bond donors (Lipinski definition) is 1. The van der Waals surface area contributed by atoms with Crippen LogP contribution >= 0.6 is 8.38 Å². The van der Waals surface area contributed by atoms with Crippen LogP contribution in [0, 0.1) is 0 Å². The Morgan fingerprint density at radius 2 is 1.32 bits per heavy atom. The normalized spacial score (nSPS) is 12.2. The second kappa shape index (κ2) is 7.13. The summed E-state index contributed by atoms with van der Waals surface area (Å²) in [7, 11) is -1.20. The number of para-hydroxylation sites is 2. The SMILES string of the molecule is CCC(N)P(Oc1ccccc1)Oc1ccccc1. The molecule has 0 spiro atoms. The molecule has 2 aromatic carbocycles. The van der Waals surface area contributed by atoms with Crippen LogP contribution in [0.15, 0.2) is 60.7 Å². The van der Waals surface area contributed by atoms with E-state index in [2.05, 4.69) is 0 Å². The fourth-order valence-corrected chi connectivity index (χ4v) is 2.74. The van der Waals surface area contributed by atoms with Gasteiger partial charge in [-0.2, -0.15) is 0 Å². The molecule has 19 heavy (non-hydrogen) atoms. The zero-order chi connectivity index (χ0) is 13.5. The van der Waals surface area contributed by atoms with Gasteiger partial charge in [0.15, 0.2) is 0 Å². The topological polar surface area (TPSA) is 44.5 Å². The summed E-state index contributed by atoms with van der Waals surface area (Å²) in [5, 5.41) is 0. The van der Waals surface area contributed by atoms with Crippen molar-refractivity contribution in [2.45, 2.75) is 19.1 Å². The molecule has 0 heterocycles. The van der Waals surface area contributed by atoms with E-state index in [0.717, 1.165) is 17.9 Å². The van der Waals surface area contributed by atoms with Crippen LogP contribution in [0.5, 0.6) is 11.5 Å². The van der Waals surface area contributed by atoms with E-state index in [4.69, 9.17) is 14.8 Å². The summed E-state index contributed by atoms with van der Waals surface area (Å²) in [5.74, 6) is 1.46. The number of hydrogen-bond acceptors (Lipinski definition) is 3. The van der Waals surface area contributed by atoms with Crippen molar-refractivity contribution in [3.8, 4) is 11.5 Å². The largest absolute Gasteiger partial charge is 0.438 e. The van der Waals surface area contributed by atoms with Crippen molar-refractivity contribution in [1.82, 2.24) is 0 Å². The van der Waals surface area contributed by atoms with Crippen molar-refractivity contribution in [3.63, 3.8) is 0 Å². The van der Waals surface area contributed by atoms with E-state index in [1.54, 1.807) is 0 Å². The highest BCUT2D eigenvalue weighted by Gasteiger charge is 2.22. The van der Waals surface area contributed by atoms with Crippen molar-refractivity contribution in [1.29, 1.82) is 0 Å². The standard InChI is InChI=1S/C15H18NO2P/c1-2-15(16)19(17-13-9-5-3-6-10-13)18-14-11-7-4-8-12-14/h3-12,15H,2,16H2,1H3. The van der Waals surface area contributed by atoms with Gasteiger partial charge in [0.25, 0.3) is 0 Å². The van der Waals surface area contributed by atoms with Gasteiger partial charge in [0, 0.05) is 0 Å². The maximum atomic E-state index is 6.09. The van der Waals surface area contributed by atoms with Gasteiger partial charge >= 0.3 is 8.38 Å². The molecule has 3 nitrogen and oxygen atoms in total. The van der Waals surface area contributed by atoms with E-state index in [9.17, 15) is 0 Å². The van der Waals surface area contributed by atoms with Gasteiger partial charge < -0.3 is 14.8 Å². The molecule has 0 amide bonds. The Morgan fingerprint density at radius 1 is 0.895 bits per heavy atom. The first kappa shape index (κ1) is 13.9. The third-order valence-corrected chi connectivity index (χ3v) is 4.25. The number of rotatable bonds is 6. The molecule has 1 atom stereocenters. The van der Waals surface area contributed by atoms with E-state index < -0.39 is 8.38 Å². The molecule has 2 rings (SSSR count). The van der Waals surface area contributed by atoms with Gasteiger partial charge in [-0.1, -0.05) is 43.3 Å². The Hall–Kier alpha value is -1.57. The van der Waals surface area contributed by atoms with E-state index in [0.29, 0.717) is 0 Å². The maximum Gasteiger partial charge on any atom is 0.308 e. The Balaban J connectivity index is 2.08. The van der Waals surface area contributed by atoms with Gasteiger partial charge in [0.1, 0.15) is 11.5 Å². The minimum atomic E-state index is -1.20. The molecule has 0 aliphatic rings. The summed E-state index contributed by atoms with van der Waals surface area (Å²) in [6.45, 7) is 2.03. The van der Waals surface area contributed by atoms with Crippen molar-refractivity contribution < 1.29 is 9.05 Å². The molecule has 0 aliphatic carbocycles. The molecule has 0 bridgehead atoms. The lowest BCUT2D eigenvalue weighted by Gasteiger charge is -2.22. The van der Waals surface area contributed by atoms with Gasteiger partial charge in [0.05, 0.1) is 5.78 Å². The van der Waals surface area contributed by atoms with Gasteiger partial charge in [-0.05, 0) is 30.7 Å². The van der Waals surface area contributed by atoms with Crippen molar-refractivity contribution in [2.24, 2.45) is 5.73 Å². The van der Waals surface area contributed by atoms with Gasteiger partial charge in [0.2, 0.25) is 0 Å². The zero-order valence-electron chi connectivity index (χ0n) is 10.9. The minimum absolute atomic E-state index is 0.115. The molecule has 100 valence electrons. The van der Waals surface area contributed by atoms with Gasteiger partial charge in [-0.3, -0.25) is 0 Å². The first-order chi connectivity index (χ1) is 9.29. The summed E-state index contributed by atoms with van der Waals surface area (Å²) in [6, 6.07) is 19.3. The molecule has 1 unspecified atom stereocenters. The number of benzene rings is 2. The lowest BCUT2D eigenvalue weighted by Crippen LogP contribution is -2.21. The molecule has 0 aliphatic heterocycles. The molecule has 0 saturated carbocycles. The molecule has 2 N–H and O–H groups in total. The fraction of sp³-hybridized carbons (Fsp3) is 0.200. The third kappa shape index (κ3) is 4.23. The van der Waals surface area contributed by atoms with E-state index in [-0.39, 0.29) is 5.78 Å². The first-order valence-electron chi connectivity index (χ1n) is 6.30. The molecule has 0 radical (unpaired) electrons. The Morgan fingerprint density at radius 3 is 1.68 bits per heavy atom. The van der Waals surface area contributed by atoms with Crippen LogP contribution in [0.4, 0.5) is 0 Å². The molecule has 0 aromatic heterocycles. The summed E-state index contributed by atoms with van der Waals surface area (Å²) >= 11 is 0. The Bertz CT molecular complexity index is 437. The second-order valence-corrected chi connectivity index (χ2v) is 5.67. The van der Waals surface area contributed by atoms with Gasteiger partial charge in [-0.15, -0.1) is 0 Å². The first-order valence-corrected chi connectivity index (χ1v) is 7.55. The molecule has 2 aromatic rings. The zero-order valence-corrected chi connectivity index (χ0v) is 11.8. The van der Waals surface area contributed by atoms with Crippen LogP contribution in [0.25, 0.3) is 0 Å². The fourth-order valence-electron chi connectivity index (χ4n) is 1.47. The van der Waals surface area contributed by atoms with E-state index >= 15 is 0 Å². The van der Waals surface area contributed by atoms with Crippen LogP contribution in [0.3, 0.4) is 0 Å². The monoisotopic (exact) mass is 275 g/mol. The summed E-state index contributed by atoms with van der Waals surface area (Å²) in [4.78, 5) is 0. The molecular weight excluding hydrogens is 257 g/mol. The Labute approximate surface area is 115 Å². The second-order valence-electron chi connectivity index (χ2n) is 4.07. The van der Waals surface area contributed by atoms with E-state index in [1.807, 2.05) is 67.6 Å². The highest BCUT2D eigenvalue weighted by Crippen LogP contribution is 2.43.